The molecule has 1 aliphatic carbocycles. The number of hydrogen-bond acceptors (Lipinski definition) is 0. The molecule has 1 fully saturated rings. The third-order valence-electron chi connectivity index (χ3n) is 2.71. The van der Waals surface area contributed by atoms with Crippen molar-refractivity contribution in [2.45, 2.75) is 18.8 Å². The first-order valence-corrected chi connectivity index (χ1v) is 5.78. The molecule has 3 heteroatoms. The Labute approximate surface area is 90.4 Å². The molecule has 14 heavy (non-hydrogen) atoms. The first-order valence-electron chi connectivity index (χ1n) is 4.66. The molecule has 0 nitrogen and oxygen atoms in total. The molecule has 0 N–H and O–H groups in total. The van der Waals surface area contributed by atoms with Gasteiger partial charge < -0.3 is 0 Å². The van der Waals surface area contributed by atoms with Crippen LogP contribution in [0.15, 0.2) is 24.3 Å². The molecule has 0 heterocycles. The van der Waals surface area contributed by atoms with E-state index >= 15 is 0 Å². The standard InChI is InChI=1S/C11H11BrF2/c12-6-9-5-10(9)7-2-1-3-8(4-7)11(13)14/h1-4,9-11H,5-6H2. The first-order chi connectivity index (χ1) is 6.72. The first kappa shape index (κ1) is 10.1. The SMILES string of the molecule is FC(F)c1cccc(C2CC2CBr)c1. The van der Waals surface area contributed by atoms with E-state index in [1.807, 2.05) is 6.07 Å². The molecule has 0 bridgehead atoms. The highest BCUT2D eigenvalue weighted by molar-refractivity contribution is 9.09. The van der Waals surface area contributed by atoms with Gasteiger partial charge in [-0.05, 0) is 29.9 Å². The molecule has 0 saturated heterocycles. The second kappa shape index (κ2) is 3.97. The van der Waals surface area contributed by atoms with Crippen LogP contribution in [0.5, 0.6) is 0 Å². The summed E-state index contributed by atoms with van der Waals surface area (Å²) in [5, 5.41) is 0.969. The minimum absolute atomic E-state index is 0.141. The molecule has 0 aliphatic heterocycles. The van der Waals surface area contributed by atoms with E-state index in [0.717, 1.165) is 17.3 Å². The summed E-state index contributed by atoms with van der Waals surface area (Å²) in [5.41, 5.74) is 1.20. The van der Waals surface area contributed by atoms with Crippen molar-refractivity contribution in [1.82, 2.24) is 0 Å². The molecule has 2 atom stereocenters. The Morgan fingerprint density at radius 3 is 2.79 bits per heavy atom. The van der Waals surface area contributed by atoms with Crippen molar-refractivity contribution >= 4 is 15.9 Å². The fourth-order valence-corrected chi connectivity index (χ4v) is 2.47. The van der Waals surface area contributed by atoms with Crippen molar-refractivity contribution in [3.8, 4) is 0 Å². The van der Waals surface area contributed by atoms with Gasteiger partial charge in [0.2, 0.25) is 0 Å². The van der Waals surface area contributed by atoms with Gasteiger partial charge >= 0.3 is 0 Å². The molecule has 0 radical (unpaired) electrons. The third kappa shape index (κ3) is 1.97. The zero-order chi connectivity index (χ0) is 10.1. The van der Waals surface area contributed by atoms with E-state index in [-0.39, 0.29) is 5.56 Å². The van der Waals surface area contributed by atoms with E-state index < -0.39 is 6.43 Å². The van der Waals surface area contributed by atoms with Crippen LogP contribution in [-0.4, -0.2) is 5.33 Å². The molecular formula is C11H11BrF2. The molecule has 0 amide bonds. The summed E-state index contributed by atoms with van der Waals surface area (Å²) in [7, 11) is 0. The van der Waals surface area contributed by atoms with Crippen molar-refractivity contribution in [2.24, 2.45) is 5.92 Å². The van der Waals surface area contributed by atoms with E-state index in [1.165, 1.54) is 6.07 Å². The van der Waals surface area contributed by atoms with E-state index in [9.17, 15) is 8.78 Å². The Morgan fingerprint density at radius 1 is 1.43 bits per heavy atom. The molecule has 76 valence electrons. The average molecular weight is 261 g/mol. The van der Waals surface area contributed by atoms with Crippen molar-refractivity contribution in [1.29, 1.82) is 0 Å². The summed E-state index contributed by atoms with van der Waals surface area (Å²) in [5.74, 6) is 1.14. The van der Waals surface area contributed by atoms with Gasteiger partial charge in [0.25, 0.3) is 6.43 Å². The molecule has 0 aromatic heterocycles. The van der Waals surface area contributed by atoms with Crippen LogP contribution in [0, 0.1) is 5.92 Å². The summed E-state index contributed by atoms with van der Waals surface area (Å²) in [6.07, 6.45) is -1.23. The lowest BCUT2D eigenvalue weighted by molar-refractivity contribution is 0.151. The molecule has 1 saturated carbocycles. The van der Waals surface area contributed by atoms with Crippen LogP contribution in [0.25, 0.3) is 0 Å². The lowest BCUT2D eigenvalue weighted by Gasteiger charge is -2.03. The predicted octanol–water partition coefficient (Wildman–Crippen LogP) is 4.12. The molecule has 0 spiro atoms. The van der Waals surface area contributed by atoms with Crippen LogP contribution in [-0.2, 0) is 0 Å². The summed E-state index contributed by atoms with van der Waals surface area (Å²) in [6.45, 7) is 0. The number of halogens is 3. The van der Waals surface area contributed by atoms with Crippen molar-refractivity contribution < 1.29 is 8.78 Å². The Balaban J connectivity index is 2.15. The highest BCUT2D eigenvalue weighted by Gasteiger charge is 2.37. The average Bonchev–Trinajstić information content (AvgIpc) is 2.97. The zero-order valence-corrected chi connectivity index (χ0v) is 9.18. The molecule has 2 rings (SSSR count). The van der Waals surface area contributed by atoms with E-state index in [1.54, 1.807) is 12.1 Å². The van der Waals surface area contributed by atoms with Gasteiger partial charge in [-0.15, -0.1) is 0 Å². The molecular weight excluding hydrogens is 250 g/mol. The smallest absolute Gasteiger partial charge is 0.205 e. The highest BCUT2D eigenvalue weighted by atomic mass is 79.9. The maximum Gasteiger partial charge on any atom is 0.263 e. The van der Waals surface area contributed by atoms with Crippen LogP contribution >= 0.6 is 15.9 Å². The van der Waals surface area contributed by atoms with Gasteiger partial charge in [-0.1, -0.05) is 34.1 Å². The Kier molecular flexibility index (Phi) is 2.86. The topological polar surface area (TPSA) is 0 Å². The minimum Gasteiger partial charge on any atom is -0.205 e. The van der Waals surface area contributed by atoms with Crippen molar-refractivity contribution in [3.63, 3.8) is 0 Å². The maximum absolute atomic E-state index is 12.4. The quantitative estimate of drug-likeness (QED) is 0.718. The summed E-state index contributed by atoms with van der Waals surface area (Å²) in [4.78, 5) is 0. The third-order valence-corrected chi connectivity index (χ3v) is 3.54. The van der Waals surface area contributed by atoms with Gasteiger partial charge in [-0.25, -0.2) is 8.78 Å². The Morgan fingerprint density at radius 2 is 2.21 bits per heavy atom. The molecule has 2 unspecified atom stereocenters. The normalized spacial score (nSPS) is 25.4. The molecule has 1 aromatic carbocycles. The van der Waals surface area contributed by atoms with E-state index in [4.69, 9.17) is 0 Å². The fourth-order valence-electron chi connectivity index (χ4n) is 1.75. The number of benzene rings is 1. The van der Waals surface area contributed by atoms with Crippen LogP contribution in [0.1, 0.15) is 29.9 Å². The highest BCUT2D eigenvalue weighted by Crippen LogP contribution is 2.48. The molecule has 1 aromatic rings. The van der Waals surface area contributed by atoms with Gasteiger partial charge in [0, 0.05) is 10.9 Å². The summed E-state index contributed by atoms with van der Waals surface area (Å²) in [6, 6.07) is 6.79. The Hall–Kier alpha value is -0.440. The van der Waals surface area contributed by atoms with Crippen LogP contribution in [0.3, 0.4) is 0 Å². The summed E-state index contributed by atoms with van der Waals surface area (Å²) < 4.78 is 24.8. The van der Waals surface area contributed by atoms with Crippen molar-refractivity contribution in [3.05, 3.63) is 35.4 Å². The number of hydrogen-bond donors (Lipinski definition) is 0. The fraction of sp³-hybridized carbons (Fsp3) is 0.455. The van der Waals surface area contributed by atoms with E-state index in [0.29, 0.717) is 11.8 Å². The van der Waals surface area contributed by atoms with Crippen LogP contribution in [0.2, 0.25) is 0 Å². The second-order valence-electron chi connectivity index (χ2n) is 3.73. The zero-order valence-electron chi connectivity index (χ0n) is 7.59. The van der Waals surface area contributed by atoms with Crippen LogP contribution in [0.4, 0.5) is 8.78 Å². The minimum atomic E-state index is -2.35. The largest absolute Gasteiger partial charge is 0.263 e. The van der Waals surface area contributed by atoms with Crippen molar-refractivity contribution in [2.75, 3.05) is 5.33 Å². The molecule has 1 aliphatic rings. The predicted molar refractivity (Wildman–Crippen MR) is 56.0 cm³/mol. The van der Waals surface area contributed by atoms with Gasteiger partial charge in [0.05, 0.1) is 0 Å². The van der Waals surface area contributed by atoms with Crippen LogP contribution < -0.4 is 0 Å². The van der Waals surface area contributed by atoms with Gasteiger partial charge in [0.1, 0.15) is 0 Å². The van der Waals surface area contributed by atoms with Gasteiger partial charge in [-0.3, -0.25) is 0 Å². The van der Waals surface area contributed by atoms with E-state index in [2.05, 4.69) is 15.9 Å². The number of alkyl halides is 3. The van der Waals surface area contributed by atoms with Gasteiger partial charge in [-0.2, -0.15) is 0 Å². The summed E-state index contributed by atoms with van der Waals surface area (Å²) >= 11 is 3.41. The lowest BCUT2D eigenvalue weighted by Crippen LogP contribution is -1.89. The van der Waals surface area contributed by atoms with Gasteiger partial charge in [0.15, 0.2) is 0 Å². The Bertz CT molecular complexity index is 325. The second-order valence-corrected chi connectivity index (χ2v) is 4.37. The lowest BCUT2D eigenvalue weighted by atomic mass is 10.1. The monoisotopic (exact) mass is 260 g/mol. The maximum atomic E-state index is 12.4. The number of rotatable bonds is 3.